The van der Waals surface area contributed by atoms with Crippen LogP contribution in [0.25, 0.3) is 0 Å². The van der Waals surface area contributed by atoms with Crippen molar-refractivity contribution in [3.8, 4) is 0 Å². The van der Waals surface area contributed by atoms with Gasteiger partial charge in [-0.05, 0) is 48.7 Å². The molecule has 0 aliphatic heterocycles. The van der Waals surface area contributed by atoms with Gasteiger partial charge in [-0.25, -0.2) is 17.5 Å². The Hall–Kier alpha value is -2.25. The molecule has 0 saturated carbocycles. The van der Waals surface area contributed by atoms with Gasteiger partial charge in [0.05, 0.1) is 12.3 Å². The van der Waals surface area contributed by atoms with Gasteiger partial charge in [-0.3, -0.25) is 4.79 Å². The third-order valence-corrected chi connectivity index (χ3v) is 4.61. The molecule has 0 bridgehead atoms. The van der Waals surface area contributed by atoms with Crippen molar-refractivity contribution >= 4 is 21.6 Å². The van der Waals surface area contributed by atoms with Crippen LogP contribution >= 0.6 is 0 Å². The zero-order valence-corrected chi connectivity index (χ0v) is 15.2. The third-order valence-electron chi connectivity index (χ3n) is 3.90. The topological polar surface area (TPSA) is 75.3 Å². The molecule has 0 aromatic heterocycles. The number of hydrogen-bond acceptors (Lipinski definition) is 3. The summed E-state index contributed by atoms with van der Waals surface area (Å²) in [5.41, 5.74) is 3.19. The van der Waals surface area contributed by atoms with Gasteiger partial charge < -0.3 is 5.32 Å². The summed E-state index contributed by atoms with van der Waals surface area (Å²) in [6.45, 7) is 3.84. The molecule has 0 saturated heterocycles. The van der Waals surface area contributed by atoms with E-state index < -0.39 is 21.9 Å². The van der Waals surface area contributed by atoms with Crippen LogP contribution in [0, 0.1) is 19.7 Å². The predicted octanol–water partition coefficient (Wildman–Crippen LogP) is 3.06. The van der Waals surface area contributed by atoms with E-state index in [2.05, 4.69) is 10.0 Å². The monoisotopic (exact) mass is 364 g/mol. The number of anilines is 1. The Bertz CT molecular complexity index is 864. The van der Waals surface area contributed by atoms with Crippen LogP contribution in [-0.4, -0.2) is 20.6 Å². The molecule has 25 heavy (non-hydrogen) atoms. The lowest BCUT2D eigenvalue weighted by Crippen LogP contribution is -2.30. The van der Waals surface area contributed by atoms with Gasteiger partial charge in [0.15, 0.2) is 0 Å². The van der Waals surface area contributed by atoms with Crippen molar-refractivity contribution in [2.24, 2.45) is 0 Å². The highest BCUT2D eigenvalue weighted by atomic mass is 32.2. The van der Waals surface area contributed by atoms with Gasteiger partial charge in [0, 0.05) is 12.1 Å². The second kappa shape index (κ2) is 7.76. The fourth-order valence-corrected chi connectivity index (χ4v) is 3.19. The van der Waals surface area contributed by atoms with Crippen LogP contribution in [-0.2, 0) is 14.8 Å². The molecule has 1 amide bonds. The number of halogens is 1. The van der Waals surface area contributed by atoms with E-state index in [1.54, 1.807) is 6.07 Å². The fourth-order valence-electron chi connectivity index (χ4n) is 2.45. The highest BCUT2D eigenvalue weighted by molar-refractivity contribution is 7.88. The van der Waals surface area contributed by atoms with E-state index >= 15 is 0 Å². The minimum atomic E-state index is -3.54. The summed E-state index contributed by atoms with van der Waals surface area (Å²) in [7, 11) is -3.54. The third kappa shape index (κ3) is 5.65. The van der Waals surface area contributed by atoms with E-state index in [1.165, 1.54) is 24.3 Å². The number of carbonyl (C=O) groups excluding carboxylic acids is 1. The molecule has 2 aromatic carbocycles. The summed E-state index contributed by atoms with van der Waals surface area (Å²) in [6.07, 6.45) is 0.915. The molecule has 0 spiro atoms. The van der Waals surface area contributed by atoms with Crippen molar-refractivity contribution in [1.82, 2.24) is 4.72 Å². The number of benzene rings is 2. The molecule has 2 N–H and O–H groups in total. The van der Waals surface area contributed by atoms with Crippen LogP contribution in [0.1, 0.15) is 29.2 Å². The largest absolute Gasteiger partial charge is 0.326 e. The lowest BCUT2D eigenvalue weighted by Gasteiger charge is -2.18. The van der Waals surface area contributed by atoms with Crippen LogP contribution in [0.15, 0.2) is 42.5 Å². The number of hydrogen-bond donors (Lipinski definition) is 2. The van der Waals surface area contributed by atoms with Crippen LogP contribution < -0.4 is 10.0 Å². The molecule has 0 fully saturated rings. The van der Waals surface area contributed by atoms with Crippen molar-refractivity contribution in [3.05, 3.63) is 65.0 Å². The normalized spacial score (nSPS) is 12.6. The maximum atomic E-state index is 13.1. The van der Waals surface area contributed by atoms with Crippen molar-refractivity contribution in [2.45, 2.75) is 26.3 Å². The number of rotatable bonds is 6. The molecule has 7 heteroatoms. The number of nitrogens with one attached hydrogen (secondary N) is 2. The Morgan fingerprint density at radius 1 is 1.12 bits per heavy atom. The second-order valence-corrected chi connectivity index (χ2v) is 7.77. The van der Waals surface area contributed by atoms with Gasteiger partial charge in [0.2, 0.25) is 15.9 Å². The van der Waals surface area contributed by atoms with E-state index in [4.69, 9.17) is 0 Å². The summed E-state index contributed by atoms with van der Waals surface area (Å²) < 4.78 is 38.7. The number of aryl methyl sites for hydroxylation is 1. The Morgan fingerprint density at radius 3 is 2.36 bits per heavy atom. The predicted molar refractivity (Wildman–Crippen MR) is 96.3 cm³/mol. The first-order chi connectivity index (χ1) is 11.7. The van der Waals surface area contributed by atoms with Crippen LogP contribution in [0.5, 0.6) is 0 Å². The van der Waals surface area contributed by atoms with Gasteiger partial charge in [0.25, 0.3) is 0 Å². The first-order valence-electron chi connectivity index (χ1n) is 7.74. The van der Waals surface area contributed by atoms with E-state index in [0.717, 1.165) is 17.4 Å². The van der Waals surface area contributed by atoms with Crippen molar-refractivity contribution in [2.75, 3.05) is 11.6 Å². The van der Waals surface area contributed by atoms with Gasteiger partial charge in [-0.1, -0.05) is 24.3 Å². The Morgan fingerprint density at radius 2 is 1.76 bits per heavy atom. The zero-order valence-electron chi connectivity index (χ0n) is 14.3. The van der Waals surface area contributed by atoms with E-state index in [9.17, 15) is 17.6 Å². The fraction of sp³-hybridized carbons (Fsp3) is 0.278. The molecular weight excluding hydrogens is 343 g/mol. The summed E-state index contributed by atoms with van der Waals surface area (Å²) in [5.74, 6) is -0.763. The van der Waals surface area contributed by atoms with Crippen molar-refractivity contribution in [1.29, 1.82) is 0 Å². The molecule has 1 atom stereocenters. The molecule has 0 aliphatic carbocycles. The second-order valence-electron chi connectivity index (χ2n) is 5.99. The quantitative estimate of drug-likeness (QED) is 0.827. The summed E-state index contributed by atoms with van der Waals surface area (Å²) >= 11 is 0. The molecule has 0 aliphatic rings. The molecule has 5 nitrogen and oxygen atoms in total. The summed E-state index contributed by atoms with van der Waals surface area (Å²) in [4.78, 5) is 12.4. The zero-order chi connectivity index (χ0) is 18.6. The number of amides is 1. The smallest absolute Gasteiger partial charge is 0.226 e. The molecule has 0 heterocycles. The SMILES string of the molecule is Cc1cccc(NC(=O)C[C@@H](NS(C)(=O)=O)c2ccc(F)cc2)c1C. The molecule has 2 aromatic rings. The van der Waals surface area contributed by atoms with Crippen LogP contribution in [0.3, 0.4) is 0 Å². The first kappa shape index (κ1) is 19.1. The minimum Gasteiger partial charge on any atom is -0.326 e. The Kier molecular flexibility index (Phi) is 5.92. The average Bonchev–Trinajstić information content (AvgIpc) is 2.50. The molecule has 0 radical (unpaired) electrons. The lowest BCUT2D eigenvalue weighted by molar-refractivity contribution is -0.116. The number of sulfonamides is 1. The maximum Gasteiger partial charge on any atom is 0.226 e. The maximum absolute atomic E-state index is 13.1. The molecule has 0 unspecified atom stereocenters. The molecule has 2 rings (SSSR count). The van der Waals surface area contributed by atoms with Crippen molar-refractivity contribution in [3.63, 3.8) is 0 Å². The van der Waals surface area contributed by atoms with Gasteiger partial charge in [-0.15, -0.1) is 0 Å². The highest BCUT2D eigenvalue weighted by Gasteiger charge is 2.20. The lowest BCUT2D eigenvalue weighted by atomic mass is 10.0. The van der Waals surface area contributed by atoms with Gasteiger partial charge in [0.1, 0.15) is 5.82 Å². The van der Waals surface area contributed by atoms with Crippen molar-refractivity contribution < 1.29 is 17.6 Å². The summed E-state index contributed by atoms with van der Waals surface area (Å²) in [5, 5.41) is 2.80. The Labute approximate surface area is 147 Å². The molecular formula is C18H21FN2O3S. The number of carbonyl (C=O) groups is 1. The molecule has 134 valence electrons. The Balaban J connectivity index is 2.19. The van der Waals surface area contributed by atoms with E-state index in [1.807, 2.05) is 26.0 Å². The summed E-state index contributed by atoms with van der Waals surface area (Å²) in [6, 6.07) is 10.2. The minimum absolute atomic E-state index is 0.105. The van der Waals surface area contributed by atoms with Gasteiger partial charge >= 0.3 is 0 Å². The van der Waals surface area contributed by atoms with Crippen LogP contribution in [0.2, 0.25) is 0 Å². The van der Waals surface area contributed by atoms with E-state index in [0.29, 0.717) is 11.3 Å². The van der Waals surface area contributed by atoms with Gasteiger partial charge in [-0.2, -0.15) is 0 Å². The first-order valence-corrected chi connectivity index (χ1v) is 9.63. The average molecular weight is 364 g/mol. The standard InChI is InChI=1S/C18H21FN2O3S/c1-12-5-4-6-16(13(12)2)20-18(22)11-17(21-25(3,23)24)14-7-9-15(19)10-8-14/h4-10,17,21H,11H2,1-3H3,(H,20,22)/t17-/m1/s1. The van der Waals surface area contributed by atoms with Crippen LogP contribution in [0.4, 0.5) is 10.1 Å². The van der Waals surface area contributed by atoms with E-state index in [-0.39, 0.29) is 12.3 Å². The highest BCUT2D eigenvalue weighted by Crippen LogP contribution is 2.22.